The number of hydrogen-bond donors (Lipinski definition) is 0. The zero-order valence-electron chi connectivity index (χ0n) is 5.59. The van der Waals surface area contributed by atoms with E-state index >= 15 is 0 Å². The normalized spacial score (nSPS) is 8.10. The van der Waals surface area contributed by atoms with Gasteiger partial charge in [-0.15, -0.1) is 0 Å². The van der Waals surface area contributed by atoms with Crippen LogP contribution in [0.5, 0.6) is 0 Å². The zero-order chi connectivity index (χ0) is 6.69. The summed E-state index contributed by atoms with van der Waals surface area (Å²) in [4.78, 5) is 0. The van der Waals surface area contributed by atoms with E-state index in [0.29, 0.717) is 0 Å². The van der Waals surface area contributed by atoms with Gasteiger partial charge in [0, 0.05) is 0 Å². The van der Waals surface area contributed by atoms with Crippen LogP contribution in [-0.4, -0.2) is 37.7 Å². The quantitative estimate of drug-likeness (QED) is 0.550. The van der Waals surface area contributed by atoms with E-state index in [1.807, 2.05) is 25.1 Å². The van der Waals surface area contributed by atoms with Gasteiger partial charge in [0.05, 0.1) is 0 Å². The fourth-order valence-corrected chi connectivity index (χ4v) is 0.723. The van der Waals surface area contributed by atoms with E-state index in [1.54, 1.807) is 0 Å². The van der Waals surface area contributed by atoms with Crippen molar-refractivity contribution in [2.45, 2.75) is 6.92 Å². The molecule has 0 saturated heterocycles. The SMILES string of the molecule is C=C(C)c1ccccc1.[CaH2]. The van der Waals surface area contributed by atoms with Gasteiger partial charge in [0.1, 0.15) is 0 Å². The molecule has 1 rings (SSSR count). The van der Waals surface area contributed by atoms with E-state index in [0.717, 1.165) is 5.57 Å². The number of benzene rings is 1. The van der Waals surface area contributed by atoms with Crippen LogP contribution < -0.4 is 0 Å². The van der Waals surface area contributed by atoms with E-state index in [2.05, 4.69) is 18.7 Å². The molecule has 0 amide bonds. The van der Waals surface area contributed by atoms with Gasteiger partial charge in [-0.05, 0) is 12.5 Å². The van der Waals surface area contributed by atoms with Crippen LogP contribution in [0.4, 0.5) is 0 Å². The predicted molar refractivity (Wildman–Crippen MR) is 49.7 cm³/mol. The van der Waals surface area contributed by atoms with Crippen molar-refractivity contribution in [3.8, 4) is 0 Å². The Labute approximate surface area is 92.0 Å². The fourth-order valence-electron chi connectivity index (χ4n) is 0.723. The van der Waals surface area contributed by atoms with Crippen molar-refractivity contribution in [3.05, 3.63) is 42.5 Å². The second-order valence-corrected chi connectivity index (χ2v) is 2.15. The summed E-state index contributed by atoms with van der Waals surface area (Å²) in [5, 5.41) is 0. The summed E-state index contributed by atoms with van der Waals surface area (Å²) in [6, 6.07) is 10.2. The van der Waals surface area contributed by atoms with Crippen LogP contribution in [0.3, 0.4) is 0 Å². The van der Waals surface area contributed by atoms with Crippen LogP contribution in [0.1, 0.15) is 12.5 Å². The van der Waals surface area contributed by atoms with Gasteiger partial charge < -0.3 is 0 Å². The first kappa shape index (κ1) is 10.2. The van der Waals surface area contributed by atoms with Crippen molar-refractivity contribution in [2.24, 2.45) is 0 Å². The number of rotatable bonds is 1. The fraction of sp³-hybridized carbons (Fsp3) is 0.111. The molecule has 10 heavy (non-hydrogen) atoms. The van der Waals surface area contributed by atoms with E-state index in [1.165, 1.54) is 5.56 Å². The monoisotopic (exact) mass is 160 g/mol. The van der Waals surface area contributed by atoms with Gasteiger partial charge in [-0.2, -0.15) is 0 Å². The average Bonchev–Trinajstić information content (AvgIpc) is 1.90. The molecule has 0 aliphatic heterocycles. The molecule has 0 aliphatic carbocycles. The Morgan fingerprint density at radius 3 is 2.00 bits per heavy atom. The Balaban J connectivity index is 0.000000810. The van der Waals surface area contributed by atoms with E-state index < -0.39 is 0 Å². The summed E-state index contributed by atoms with van der Waals surface area (Å²) >= 11 is 0. The maximum atomic E-state index is 3.83. The van der Waals surface area contributed by atoms with Crippen molar-refractivity contribution in [1.29, 1.82) is 0 Å². The first-order chi connectivity index (χ1) is 4.30. The Kier molecular flexibility index (Phi) is 5.06. The molecule has 0 N–H and O–H groups in total. The Hall–Kier alpha value is 0.220. The summed E-state index contributed by atoms with van der Waals surface area (Å²) in [5.74, 6) is 0. The summed E-state index contributed by atoms with van der Waals surface area (Å²) in [7, 11) is 0. The molecule has 0 radical (unpaired) electrons. The third-order valence-corrected chi connectivity index (χ3v) is 1.27. The van der Waals surface area contributed by atoms with Crippen molar-refractivity contribution in [2.75, 3.05) is 0 Å². The summed E-state index contributed by atoms with van der Waals surface area (Å²) in [6.07, 6.45) is 0. The van der Waals surface area contributed by atoms with Gasteiger partial charge >= 0.3 is 37.7 Å². The molecule has 0 fully saturated rings. The molecular formula is C9H12Ca. The first-order valence-corrected chi connectivity index (χ1v) is 3.01. The second-order valence-electron chi connectivity index (χ2n) is 2.15. The van der Waals surface area contributed by atoms with E-state index in [9.17, 15) is 0 Å². The Morgan fingerprint density at radius 2 is 1.70 bits per heavy atom. The molecule has 0 nitrogen and oxygen atoms in total. The molecule has 0 atom stereocenters. The van der Waals surface area contributed by atoms with Gasteiger partial charge in [0.15, 0.2) is 0 Å². The topological polar surface area (TPSA) is 0 Å². The summed E-state index contributed by atoms with van der Waals surface area (Å²) < 4.78 is 0. The van der Waals surface area contributed by atoms with Gasteiger partial charge in [0.25, 0.3) is 0 Å². The van der Waals surface area contributed by atoms with Gasteiger partial charge in [-0.3, -0.25) is 0 Å². The zero-order valence-corrected chi connectivity index (χ0v) is 5.59. The molecule has 0 heterocycles. The maximum absolute atomic E-state index is 3.83. The molecule has 0 bridgehead atoms. The number of allylic oxidation sites excluding steroid dienone is 1. The van der Waals surface area contributed by atoms with Gasteiger partial charge in [-0.1, -0.05) is 42.5 Å². The summed E-state index contributed by atoms with van der Waals surface area (Å²) in [6.45, 7) is 5.83. The Morgan fingerprint density at radius 1 is 1.20 bits per heavy atom. The number of hydrogen-bond acceptors (Lipinski definition) is 0. The van der Waals surface area contributed by atoms with Crippen molar-refractivity contribution in [3.63, 3.8) is 0 Å². The van der Waals surface area contributed by atoms with E-state index in [-0.39, 0.29) is 37.7 Å². The molecule has 0 aromatic heterocycles. The van der Waals surface area contributed by atoms with Gasteiger partial charge in [-0.25, -0.2) is 0 Å². The van der Waals surface area contributed by atoms with Crippen LogP contribution in [0.15, 0.2) is 36.9 Å². The van der Waals surface area contributed by atoms with Crippen molar-refractivity contribution < 1.29 is 0 Å². The Bertz CT molecular complexity index is 201. The molecule has 0 spiro atoms. The van der Waals surface area contributed by atoms with Crippen LogP contribution in [0, 0.1) is 0 Å². The van der Waals surface area contributed by atoms with E-state index in [4.69, 9.17) is 0 Å². The minimum atomic E-state index is 0. The minimum absolute atomic E-state index is 0. The van der Waals surface area contributed by atoms with Crippen molar-refractivity contribution in [1.82, 2.24) is 0 Å². The molecule has 0 saturated carbocycles. The van der Waals surface area contributed by atoms with Crippen LogP contribution >= 0.6 is 0 Å². The molecule has 1 aromatic carbocycles. The summed E-state index contributed by atoms with van der Waals surface area (Å²) in [5.41, 5.74) is 2.34. The molecular weight excluding hydrogens is 148 g/mol. The molecule has 1 heteroatoms. The van der Waals surface area contributed by atoms with Crippen LogP contribution in [0.25, 0.3) is 5.57 Å². The average molecular weight is 160 g/mol. The second kappa shape index (κ2) is 4.95. The molecule has 0 aliphatic rings. The third-order valence-electron chi connectivity index (χ3n) is 1.27. The standard InChI is InChI=1S/C9H10.Ca.2H/c1-8(2)9-6-4-3-5-7-9;;;/h3-7H,1H2,2H3;;;. The molecule has 1 aromatic rings. The van der Waals surface area contributed by atoms with Crippen LogP contribution in [-0.2, 0) is 0 Å². The predicted octanol–water partition coefficient (Wildman–Crippen LogP) is 1.80. The molecule has 50 valence electrons. The third kappa shape index (κ3) is 2.87. The molecule has 0 unspecified atom stereocenters. The van der Waals surface area contributed by atoms with Gasteiger partial charge in [0.2, 0.25) is 0 Å². The van der Waals surface area contributed by atoms with Crippen LogP contribution in [0.2, 0.25) is 0 Å². The van der Waals surface area contributed by atoms with Crippen molar-refractivity contribution >= 4 is 43.3 Å². The first-order valence-electron chi connectivity index (χ1n) is 3.01.